The normalized spacial score (nSPS) is 14.9. The highest BCUT2D eigenvalue weighted by atomic mass is 19.1. The van der Waals surface area contributed by atoms with Gasteiger partial charge in [-0.25, -0.2) is 8.78 Å². The Bertz CT molecular complexity index is 834. The van der Waals surface area contributed by atoms with E-state index >= 15 is 0 Å². The molecule has 0 aliphatic carbocycles. The van der Waals surface area contributed by atoms with Gasteiger partial charge in [0.05, 0.1) is 11.4 Å². The van der Waals surface area contributed by atoms with Crippen LogP contribution in [0.5, 0.6) is 5.75 Å². The summed E-state index contributed by atoms with van der Waals surface area (Å²) in [7, 11) is 3.39. The molecule has 0 atom stereocenters. The second-order valence-corrected chi connectivity index (χ2v) is 6.85. The molecular weight excluding hydrogens is 352 g/mol. The highest BCUT2D eigenvalue weighted by molar-refractivity contribution is 5.95. The number of nitrogens with two attached hydrogens (primary N) is 1. The van der Waals surface area contributed by atoms with Crippen LogP contribution in [0.4, 0.5) is 20.2 Å². The van der Waals surface area contributed by atoms with E-state index < -0.39 is 11.6 Å². The fourth-order valence-electron chi connectivity index (χ4n) is 3.20. The Balaban J connectivity index is 1.63. The van der Waals surface area contributed by atoms with Crippen molar-refractivity contribution in [2.24, 2.45) is 0 Å². The molecule has 144 valence electrons. The lowest BCUT2D eigenvalue weighted by Gasteiger charge is -2.34. The molecule has 1 amide bonds. The van der Waals surface area contributed by atoms with Crippen LogP contribution in [0, 0.1) is 11.6 Å². The van der Waals surface area contributed by atoms with Gasteiger partial charge in [-0.05, 0) is 30.3 Å². The maximum absolute atomic E-state index is 13.7. The summed E-state index contributed by atoms with van der Waals surface area (Å²) in [5.41, 5.74) is 8.12. The van der Waals surface area contributed by atoms with E-state index in [1.807, 2.05) is 6.07 Å². The molecule has 1 saturated heterocycles. The minimum atomic E-state index is -0.692. The number of rotatable bonds is 4. The molecular formula is C20H23F2N3O2. The third-order valence-corrected chi connectivity index (χ3v) is 4.65. The van der Waals surface area contributed by atoms with Crippen LogP contribution in [0.2, 0.25) is 0 Å². The van der Waals surface area contributed by atoms with Crippen LogP contribution in [0.15, 0.2) is 36.4 Å². The number of nitrogen functional groups attached to an aromatic ring is 1. The maximum Gasteiger partial charge on any atom is 0.253 e. The van der Waals surface area contributed by atoms with E-state index in [0.29, 0.717) is 37.2 Å². The highest BCUT2D eigenvalue weighted by Gasteiger charge is 2.23. The molecule has 0 spiro atoms. The van der Waals surface area contributed by atoms with Crippen LogP contribution in [-0.4, -0.2) is 44.1 Å². The Morgan fingerprint density at radius 2 is 1.85 bits per heavy atom. The fraction of sp³-hybridized carbons (Fsp3) is 0.350. The Kier molecular flexibility index (Phi) is 5.48. The van der Waals surface area contributed by atoms with Crippen LogP contribution in [0.3, 0.4) is 0 Å². The number of hydrogen-bond acceptors (Lipinski definition) is 4. The summed E-state index contributed by atoms with van der Waals surface area (Å²) in [6, 6.07) is 8.63. The minimum absolute atomic E-state index is 0.0703. The minimum Gasteiger partial charge on any atom is -0.487 e. The molecule has 2 aromatic rings. The molecule has 5 nitrogen and oxygen atoms in total. The highest BCUT2D eigenvalue weighted by Crippen LogP contribution is 2.29. The van der Waals surface area contributed by atoms with E-state index in [-0.39, 0.29) is 17.8 Å². The van der Waals surface area contributed by atoms with Crippen LogP contribution < -0.4 is 15.4 Å². The number of halogens is 2. The van der Waals surface area contributed by atoms with Crippen molar-refractivity contribution in [2.75, 3.05) is 37.8 Å². The number of piperidine rings is 1. The summed E-state index contributed by atoms with van der Waals surface area (Å²) < 4.78 is 32.4. The SMILES string of the molecule is CN(C)C(=O)c1ccc(N2CCC(Oc3ccc(F)cc3F)CC2)c(N)c1. The van der Waals surface area contributed by atoms with Crippen molar-refractivity contribution in [3.05, 3.63) is 53.6 Å². The van der Waals surface area contributed by atoms with E-state index in [4.69, 9.17) is 10.5 Å². The third-order valence-electron chi connectivity index (χ3n) is 4.65. The number of hydrogen-bond donors (Lipinski definition) is 1. The van der Waals surface area contributed by atoms with Crippen molar-refractivity contribution in [1.29, 1.82) is 0 Å². The van der Waals surface area contributed by atoms with Gasteiger partial charge in [-0.2, -0.15) is 0 Å². The van der Waals surface area contributed by atoms with Gasteiger partial charge in [0.1, 0.15) is 11.9 Å². The number of benzene rings is 2. The first-order chi connectivity index (χ1) is 12.8. The molecule has 0 aromatic heterocycles. The zero-order chi connectivity index (χ0) is 19.6. The summed E-state index contributed by atoms with van der Waals surface area (Å²) in [5, 5.41) is 0. The standard InChI is InChI=1S/C20H23F2N3O2/c1-24(2)20(26)13-3-5-18(17(23)11-13)25-9-7-15(8-10-25)27-19-6-4-14(21)12-16(19)22/h3-6,11-12,15H,7-10,23H2,1-2H3. The lowest BCUT2D eigenvalue weighted by atomic mass is 10.1. The number of carbonyl (C=O) groups excluding carboxylic acids is 1. The van der Waals surface area contributed by atoms with E-state index in [0.717, 1.165) is 11.8 Å². The molecule has 1 aliphatic heterocycles. The van der Waals surface area contributed by atoms with Crippen LogP contribution in [-0.2, 0) is 0 Å². The van der Waals surface area contributed by atoms with Gasteiger partial charge in [0.2, 0.25) is 0 Å². The summed E-state index contributed by atoms with van der Waals surface area (Å²) in [4.78, 5) is 15.7. The molecule has 1 fully saturated rings. The van der Waals surface area contributed by atoms with Crippen molar-refractivity contribution in [2.45, 2.75) is 18.9 Å². The van der Waals surface area contributed by atoms with E-state index in [9.17, 15) is 13.6 Å². The second-order valence-electron chi connectivity index (χ2n) is 6.85. The molecule has 0 radical (unpaired) electrons. The van der Waals surface area contributed by atoms with Crippen LogP contribution >= 0.6 is 0 Å². The lowest BCUT2D eigenvalue weighted by Crippen LogP contribution is -2.38. The summed E-state index contributed by atoms with van der Waals surface area (Å²) in [6.45, 7) is 1.39. The van der Waals surface area contributed by atoms with Crippen molar-refractivity contribution in [1.82, 2.24) is 4.90 Å². The zero-order valence-corrected chi connectivity index (χ0v) is 15.4. The first-order valence-corrected chi connectivity index (χ1v) is 8.83. The van der Waals surface area contributed by atoms with Crippen molar-refractivity contribution in [3.63, 3.8) is 0 Å². The smallest absolute Gasteiger partial charge is 0.253 e. The van der Waals surface area contributed by atoms with Gasteiger partial charge < -0.3 is 20.3 Å². The first kappa shape index (κ1) is 18.9. The van der Waals surface area contributed by atoms with Gasteiger partial charge in [0, 0.05) is 51.7 Å². The Labute approximate surface area is 157 Å². The molecule has 7 heteroatoms. The molecule has 27 heavy (non-hydrogen) atoms. The van der Waals surface area contributed by atoms with Gasteiger partial charge in [0.15, 0.2) is 11.6 Å². The quantitative estimate of drug-likeness (QED) is 0.833. The molecule has 0 unspecified atom stereocenters. The van der Waals surface area contributed by atoms with E-state index in [1.54, 1.807) is 26.2 Å². The summed E-state index contributed by atoms with van der Waals surface area (Å²) in [5.74, 6) is -1.34. The Morgan fingerprint density at radius 1 is 1.15 bits per heavy atom. The largest absolute Gasteiger partial charge is 0.487 e. The van der Waals surface area contributed by atoms with Gasteiger partial charge >= 0.3 is 0 Å². The molecule has 1 aliphatic rings. The lowest BCUT2D eigenvalue weighted by molar-refractivity contribution is 0.0827. The number of amides is 1. The molecule has 3 rings (SSSR count). The average Bonchev–Trinajstić information content (AvgIpc) is 2.64. The van der Waals surface area contributed by atoms with Crippen molar-refractivity contribution >= 4 is 17.3 Å². The first-order valence-electron chi connectivity index (χ1n) is 8.83. The molecule has 2 N–H and O–H groups in total. The molecule has 0 bridgehead atoms. The van der Waals surface area contributed by atoms with Gasteiger partial charge in [0.25, 0.3) is 5.91 Å². The van der Waals surface area contributed by atoms with Gasteiger partial charge in [-0.15, -0.1) is 0 Å². The number of ether oxygens (including phenoxy) is 1. The van der Waals surface area contributed by atoms with Crippen molar-refractivity contribution < 1.29 is 18.3 Å². The monoisotopic (exact) mass is 375 g/mol. The number of carbonyl (C=O) groups is 1. The van der Waals surface area contributed by atoms with Crippen molar-refractivity contribution in [3.8, 4) is 5.75 Å². The predicted octanol–water partition coefficient (Wildman–Crippen LogP) is 3.30. The Hall–Kier alpha value is -2.83. The summed E-state index contributed by atoms with van der Waals surface area (Å²) in [6.07, 6.45) is 1.24. The van der Waals surface area contributed by atoms with Crippen LogP contribution in [0.25, 0.3) is 0 Å². The summed E-state index contributed by atoms with van der Waals surface area (Å²) >= 11 is 0. The molecule has 2 aromatic carbocycles. The Morgan fingerprint density at radius 3 is 2.44 bits per heavy atom. The topological polar surface area (TPSA) is 58.8 Å². The fourth-order valence-corrected chi connectivity index (χ4v) is 3.20. The van der Waals surface area contributed by atoms with E-state index in [2.05, 4.69) is 4.90 Å². The number of nitrogens with zero attached hydrogens (tertiary/aromatic N) is 2. The third kappa shape index (κ3) is 4.30. The van der Waals surface area contributed by atoms with Gasteiger partial charge in [-0.3, -0.25) is 4.79 Å². The van der Waals surface area contributed by atoms with Gasteiger partial charge in [-0.1, -0.05) is 0 Å². The predicted molar refractivity (Wildman–Crippen MR) is 101 cm³/mol. The molecule has 0 saturated carbocycles. The zero-order valence-electron chi connectivity index (χ0n) is 15.4. The number of anilines is 2. The maximum atomic E-state index is 13.7. The van der Waals surface area contributed by atoms with E-state index in [1.165, 1.54) is 17.0 Å². The second kappa shape index (κ2) is 7.82. The van der Waals surface area contributed by atoms with Crippen LogP contribution in [0.1, 0.15) is 23.2 Å². The molecule has 1 heterocycles. The average molecular weight is 375 g/mol.